The van der Waals surface area contributed by atoms with Gasteiger partial charge in [0, 0.05) is 38.2 Å². The first-order valence-corrected chi connectivity index (χ1v) is 11.6. The SMILES string of the molecule is CC1CN(C(=O)OCCF)CCC1C(=O)CCCNC(=O)c1cn(-c2ccccc2)nc1C(F)(F)F. The van der Waals surface area contributed by atoms with Gasteiger partial charge in [0.25, 0.3) is 5.91 Å². The van der Waals surface area contributed by atoms with Gasteiger partial charge in [-0.1, -0.05) is 25.1 Å². The summed E-state index contributed by atoms with van der Waals surface area (Å²) < 4.78 is 58.4. The van der Waals surface area contributed by atoms with Crippen LogP contribution in [0.4, 0.5) is 22.4 Å². The molecule has 36 heavy (non-hydrogen) atoms. The predicted molar refractivity (Wildman–Crippen MR) is 121 cm³/mol. The lowest BCUT2D eigenvalue weighted by Crippen LogP contribution is -2.45. The Morgan fingerprint density at radius 3 is 2.56 bits per heavy atom. The Balaban J connectivity index is 1.51. The van der Waals surface area contributed by atoms with Crippen LogP contribution in [-0.4, -0.2) is 65.4 Å². The smallest absolute Gasteiger partial charge is 0.435 e. The Labute approximate surface area is 205 Å². The molecule has 2 heterocycles. The number of nitrogens with zero attached hydrogens (tertiary/aromatic N) is 3. The predicted octanol–water partition coefficient (Wildman–Crippen LogP) is 4.03. The first kappa shape index (κ1) is 27.2. The molecule has 1 aromatic heterocycles. The Bertz CT molecular complexity index is 1060. The molecule has 1 aliphatic rings. The van der Waals surface area contributed by atoms with Gasteiger partial charge in [-0.3, -0.25) is 9.59 Å². The number of piperidine rings is 1. The zero-order valence-electron chi connectivity index (χ0n) is 19.8. The quantitative estimate of drug-likeness (QED) is 0.405. The van der Waals surface area contributed by atoms with Crippen molar-refractivity contribution in [3.8, 4) is 5.69 Å². The molecular weight excluding hydrogens is 484 g/mol. The highest BCUT2D eigenvalue weighted by Crippen LogP contribution is 2.31. The molecule has 8 nitrogen and oxygen atoms in total. The van der Waals surface area contributed by atoms with Gasteiger partial charge in [0.1, 0.15) is 19.1 Å². The van der Waals surface area contributed by atoms with Crippen molar-refractivity contribution >= 4 is 17.8 Å². The molecule has 0 spiro atoms. The number of para-hydroxylation sites is 1. The van der Waals surface area contributed by atoms with Crippen LogP contribution in [0.25, 0.3) is 5.69 Å². The first-order chi connectivity index (χ1) is 17.1. The van der Waals surface area contributed by atoms with E-state index in [0.29, 0.717) is 25.2 Å². The molecular formula is C24H28F4N4O4. The largest absolute Gasteiger partial charge is 0.447 e. The van der Waals surface area contributed by atoms with Gasteiger partial charge in [-0.25, -0.2) is 13.9 Å². The number of Topliss-reactive ketones (excluding diaryl/α,β-unsaturated/α-hetero) is 1. The van der Waals surface area contributed by atoms with Gasteiger partial charge < -0.3 is 15.0 Å². The van der Waals surface area contributed by atoms with Crippen molar-refractivity contribution in [2.24, 2.45) is 11.8 Å². The van der Waals surface area contributed by atoms with Gasteiger partial charge in [-0.05, 0) is 30.9 Å². The van der Waals surface area contributed by atoms with E-state index in [9.17, 15) is 31.9 Å². The third-order valence-corrected chi connectivity index (χ3v) is 6.01. The number of hydrogen-bond donors (Lipinski definition) is 1. The molecule has 2 aromatic rings. The lowest BCUT2D eigenvalue weighted by atomic mass is 9.82. The van der Waals surface area contributed by atoms with Crippen LogP contribution in [0.3, 0.4) is 0 Å². The molecule has 0 bridgehead atoms. The summed E-state index contributed by atoms with van der Waals surface area (Å²) >= 11 is 0. The standard InChI is InChI=1S/C24H28F4N4O4/c1-16-14-31(23(35)36-13-10-25)12-9-18(16)20(33)8-5-11-29-22(34)19-15-32(17-6-3-2-4-7-17)30-21(19)24(26,27)28/h2-4,6-7,15-16,18H,5,8-14H2,1H3,(H,29,34). The molecule has 1 aliphatic heterocycles. The van der Waals surface area contributed by atoms with E-state index in [2.05, 4.69) is 10.4 Å². The molecule has 196 valence electrons. The van der Waals surface area contributed by atoms with Crippen molar-refractivity contribution < 1.29 is 36.7 Å². The van der Waals surface area contributed by atoms with E-state index in [1.54, 1.807) is 30.3 Å². The number of ketones is 1. The summed E-state index contributed by atoms with van der Waals surface area (Å²) in [5.41, 5.74) is -1.51. The minimum atomic E-state index is -4.81. The molecule has 0 radical (unpaired) electrons. The molecule has 1 fully saturated rings. The summed E-state index contributed by atoms with van der Waals surface area (Å²) in [5.74, 6) is -1.38. The number of nitrogens with one attached hydrogen (secondary N) is 1. The molecule has 3 rings (SSSR count). The molecule has 2 unspecified atom stereocenters. The summed E-state index contributed by atoms with van der Waals surface area (Å²) in [6.07, 6.45) is -3.56. The van der Waals surface area contributed by atoms with Crippen molar-refractivity contribution in [1.82, 2.24) is 20.0 Å². The number of halogens is 4. The number of carbonyl (C=O) groups excluding carboxylic acids is 3. The first-order valence-electron chi connectivity index (χ1n) is 11.6. The fraction of sp³-hybridized carbons (Fsp3) is 0.500. The second-order valence-corrected chi connectivity index (χ2v) is 8.62. The number of ether oxygens (including phenoxy) is 1. The third kappa shape index (κ3) is 6.82. The monoisotopic (exact) mass is 512 g/mol. The van der Waals surface area contributed by atoms with Gasteiger partial charge in [0.2, 0.25) is 0 Å². The molecule has 2 amide bonds. The maximum atomic E-state index is 13.5. The highest BCUT2D eigenvalue weighted by atomic mass is 19.4. The summed E-state index contributed by atoms with van der Waals surface area (Å²) in [6.45, 7) is 1.40. The molecule has 2 atom stereocenters. The minimum Gasteiger partial charge on any atom is -0.447 e. The highest BCUT2D eigenvalue weighted by molar-refractivity contribution is 5.95. The van der Waals surface area contributed by atoms with E-state index in [0.717, 1.165) is 10.9 Å². The van der Waals surface area contributed by atoms with Crippen molar-refractivity contribution in [2.45, 2.75) is 32.4 Å². The normalized spacial score (nSPS) is 18.1. The molecule has 1 N–H and O–H groups in total. The van der Waals surface area contributed by atoms with Gasteiger partial charge in [-0.2, -0.15) is 18.3 Å². The lowest BCUT2D eigenvalue weighted by Gasteiger charge is -2.35. The second-order valence-electron chi connectivity index (χ2n) is 8.62. The van der Waals surface area contributed by atoms with Crippen LogP contribution in [0, 0.1) is 11.8 Å². The summed E-state index contributed by atoms with van der Waals surface area (Å²) in [4.78, 5) is 38.5. The third-order valence-electron chi connectivity index (χ3n) is 6.01. The van der Waals surface area contributed by atoms with Gasteiger partial charge in [0.15, 0.2) is 5.69 Å². The minimum absolute atomic E-state index is 0.0150. The van der Waals surface area contributed by atoms with Crippen LogP contribution in [0.5, 0.6) is 0 Å². The average molecular weight is 513 g/mol. The van der Waals surface area contributed by atoms with Crippen LogP contribution < -0.4 is 5.32 Å². The van der Waals surface area contributed by atoms with Crippen molar-refractivity contribution in [3.63, 3.8) is 0 Å². The van der Waals surface area contributed by atoms with E-state index in [4.69, 9.17) is 4.74 Å². The Morgan fingerprint density at radius 2 is 1.92 bits per heavy atom. The number of rotatable bonds is 9. The summed E-state index contributed by atoms with van der Waals surface area (Å²) in [6, 6.07) is 8.13. The number of aromatic nitrogens is 2. The van der Waals surface area contributed by atoms with E-state index in [-0.39, 0.29) is 43.6 Å². The molecule has 0 aliphatic carbocycles. The molecule has 1 aromatic carbocycles. The van der Waals surface area contributed by atoms with Crippen molar-refractivity contribution in [1.29, 1.82) is 0 Å². The zero-order chi connectivity index (χ0) is 26.3. The number of likely N-dealkylation sites (tertiary alicyclic amines) is 1. The van der Waals surface area contributed by atoms with Gasteiger partial charge in [-0.15, -0.1) is 0 Å². The number of benzene rings is 1. The Kier molecular flexibility index (Phi) is 9.05. The van der Waals surface area contributed by atoms with Gasteiger partial charge >= 0.3 is 12.3 Å². The molecule has 0 saturated carbocycles. The van der Waals surface area contributed by atoms with Crippen LogP contribution in [-0.2, 0) is 15.7 Å². The lowest BCUT2D eigenvalue weighted by molar-refractivity contribution is -0.141. The number of alkyl halides is 4. The maximum Gasteiger partial charge on any atom is 0.435 e. The van der Waals surface area contributed by atoms with Crippen molar-refractivity contribution in [3.05, 3.63) is 47.8 Å². The van der Waals surface area contributed by atoms with E-state index < -0.39 is 36.1 Å². The van der Waals surface area contributed by atoms with E-state index in [1.165, 1.54) is 4.90 Å². The second kappa shape index (κ2) is 12.0. The highest BCUT2D eigenvalue weighted by Gasteiger charge is 2.39. The van der Waals surface area contributed by atoms with E-state index in [1.807, 2.05) is 6.92 Å². The van der Waals surface area contributed by atoms with Crippen molar-refractivity contribution in [2.75, 3.05) is 32.9 Å². The van der Waals surface area contributed by atoms with Crippen LogP contribution in [0.15, 0.2) is 36.5 Å². The average Bonchev–Trinajstić information content (AvgIpc) is 3.32. The molecule has 12 heteroatoms. The summed E-state index contributed by atoms with van der Waals surface area (Å²) in [5, 5.41) is 6.00. The van der Waals surface area contributed by atoms with Crippen LogP contribution in [0.1, 0.15) is 42.2 Å². The Morgan fingerprint density at radius 1 is 1.19 bits per heavy atom. The fourth-order valence-electron chi connectivity index (χ4n) is 4.21. The Hall–Kier alpha value is -3.44. The fourth-order valence-corrected chi connectivity index (χ4v) is 4.21. The number of carbonyl (C=O) groups is 3. The number of hydrogen-bond acceptors (Lipinski definition) is 5. The van der Waals surface area contributed by atoms with Gasteiger partial charge in [0.05, 0.1) is 11.3 Å². The topological polar surface area (TPSA) is 93.5 Å². The van der Waals surface area contributed by atoms with Crippen LogP contribution in [0.2, 0.25) is 0 Å². The molecule has 1 saturated heterocycles. The zero-order valence-corrected chi connectivity index (χ0v) is 19.8. The van der Waals surface area contributed by atoms with Crippen LogP contribution >= 0.6 is 0 Å². The summed E-state index contributed by atoms with van der Waals surface area (Å²) in [7, 11) is 0. The van der Waals surface area contributed by atoms with E-state index >= 15 is 0 Å². The maximum absolute atomic E-state index is 13.5. The number of amides is 2.